The number of piperidine rings is 1. The Morgan fingerprint density at radius 1 is 1.00 bits per heavy atom. The van der Waals surface area contributed by atoms with Gasteiger partial charge in [-0.15, -0.1) is 0 Å². The molecule has 7 nitrogen and oxygen atoms in total. The average molecular weight is 427 g/mol. The fraction of sp³-hybridized carbons (Fsp3) is 0.417. The smallest absolute Gasteiger partial charge is 0.248 e. The molecule has 31 heavy (non-hydrogen) atoms. The Labute approximate surface area is 183 Å². The van der Waals surface area contributed by atoms with Crippen molar-refractivity contribution in [3.8, 4) is 11.5 Å². The summed E-state index contributed by atoms with van der Waals surface area (Å²) >= 11 is 0. The highest BCUT2D eigenvalue weighted by Crippen LogP contribution is 2.36. The zero-order valence-corrected chi connectivity index (χ0v) is 18.3. The first-order valence-corrected chi connectivity index (χ1v) is 10.4. The lowest BCUT2D eigenvalue weighted by Gasteiger charge is -2.37. The Balaban J connectivity index is 1.77. The monoisotopic (exact) mass is 426 g/mol. The zero-order chi connectivity index (χ0) is 22.2. The molecular weight excluding hydrogens is 396 g/mol. The van der Waals surface area contributed by atoms with Crippen LogP contribution in [0.15, 0.2) is 48.5 Å². The Bertz CT molecular complexity index is 887. The van der Waals surface area contributed by atoms with Crippen molar-refractivity contribution >= 4 is 11.8 Å². The van der Waals surface area contributed by atoms with E-state index in [4.69, 9.17) is 14.2 Å². The van der Waals surface area contributed by atoms with E-state index in [2.05, 4.69) is 5.32 Å². The third kappa shape index (κ3) is 5.76. The van der Waals surface area contributed by atoms with Crippen LogP contribution in [0, 0.1) is 5.92 Å². The van der Waals surface area contributed by atoms with Crippen LogP contribution in [-0.2, 0) is 20.9 Å². The number of nitrogens with one attached hydrogen (secondary N) is 1. The third-order valence-corrected chi connectivity index (χ3v) is 5.63. The lowest BCUT2D eigenvalue weighted by atomic mass is 9.83. The number of carbonyl (C=O) groups is 2. The highest BCUT2D eigenvalue weighted by Gasteiger charge is 2.34. The molecule has 1 aliphatic heterocycles. The van der Waals surface area contributed by atoms with Crippen molar-refractivity contribution in [2.75, 3.05) is 41.0 Å². The molecule has 0 aromatic heterocycles. The van der Waals surface area contributed by atoms with Crippen molar-refractivity contribution in [1.82, 2.24) is 10.2 Å². The lowest BCUT2D eigenvalue weighted by Crippen LogP contribution is -2.48. The fourth-order valence-corrected chi connectivity index (χ4v) is 3.99. The second-order valence-electron chi connectivity index (χ2n) is 7.68. The Hall–Kier alpha value is -3.06. The van der Waals surface area contributed by atoms with Crippen molar-refractivity contribution in [3.63, 3.8) is 0 Å². The molecule has 7 heteroatoms. The molecule has 0 radical (unpaired) electrons. The van der Waals surface area contributed by atoms with E-state index in [0.29, 0.717) is 37.6 Å². The summed E-state index contributed by atoms with van der Waals surface area (Å²) in [5.74, 6) is 0.799. The number of amides is 2. The molecule has 1 N–H and O–H groups in total. The second kappa shape index (κ2) is 10.8. The summed E-state index contributed by atoms with van der Waals surface area (Å²) in [5.41, 5.74) is 2.05. The van der Waals surface area contributed by atoms with E-state index in [1.54, 1.807) is 19.1 Å². The number of benzene rings is 2. The maximum Gasteiger partial charge on any atom is 0.248 e. The first-order chi connectivity index (χ1) is 15.0. The molecule has 0 saturated carbocycles. The summed E-state index contributed by atoms with van der Waals surface area (Å²) in [6.45, 7) is 1.37. The first-order valence-electron chi connectivity index (χ1n) is 10.4. The summed E-state index contributed by atoms with van der Waals surface area (Å²) in [5, 5.41) is 3.02. The largest absolute Gasteiger partial charge is 0.493 e. The topological polar surface area (TPSA) is 77.1 Å². The molecule has 1 heterocycles. The summed E-state index contributed by atoms with van der Waals surface area (Å²) in [6.07, 6.45) is 0.646. The van der Waals surface area contributed by atoms with Crippen LogP contribution >= 0.6 is 0 Å². The van der Waals surface area contributed by atoms with Gasteiger partial charge in [-0.2, -0.15) is 0 Å². The van der Waals surface area contributed by atoms with Gasteiger partial charge in [-0.3, -0.25) is 9.59 Å². The van der Waals surface area contributed by atoms with Gasteiger partial charge in [-0.25, -0.2) is 0 Å². The Kier molecular flexibility index (Phi) is 7.89. The quantitative estimate of drug-likeness (QED) is 0.702. The Morgan fingerprint density at radius 2 is 1.74 bits per heavy atom. The number of rotatable bonds is 8. The Morgan fingerprint density at radius 3 is 2.42 bits per heavy atom. The molecule has 0 aliphatic carbocycles. The summed E-state index contributed by atoms with van der Waals surface area (Å²) in [4.78, 5) is 27.3. The van der Waals surface area contributed by atoms with Crippen LogP contribution in [0.1, 0.15) is 23.5 Å². The number of carbonyl (C=O) groups excluding carboxylic acids is 2. The number of ether oxygens (including phenoxy) is 3. The van der Waals surface area contributed by atoms with E-state index in [0.717, 1.165) is 11.1 Å². The van der Waals surface area contributed by atoms with Crippen molar-refractivity contribution in [3.05, 3.63) is 59.7 Å². The molecule has 1 fully saturated rings. The third-order valence-electron chi connectivity index (χ3n) is 5.63. The van der Waals surface area contributed by atoms with E-state index in [-0.39, 0.29) is 30.3 Å². The zero-order valence-electron chi connectivity index (χ0n) is 18.3. The van der Waals surface area contributed by atoms with Crippen molar-refractivity contribution in [2.24, 2.45) is 5.92 Å². The standard InChI is InChI=1S/C24H30N2O5/c1-29-16-23(27)26-14-19(18-9-10-21(30-2)22(12-18)31-3)11-20(15-26)24(28)25-13-17-7-5-4-6-8-17/h4-10,12,19-20H,11,13-16H2,1-3H3,(H,25,28)/t19-,20-/m0/s1. The number of methoxy groups -OCH3 is 3. The van der Waals surface area contributed by atoms with Crippen molar-refractivity contribution < 1.29 is 23.8 Å². The van der Waals surface area contributed by atoms with Crippen LogP contribution in [0.3, 0.4) is 0 Å². The number of nitrogens with zero attached hydrogens (tertiary/aromatic N) is 1. The molecular formula is C24H30N2O5. The van der Waals surface area contributed by atoms with Gasteiger partial charge >= 0.3 is 0 Å². The molecule has 3 rings (SSSR count). The van der Waals surface area contributed by atoms with E-state index in [1.807, 2.05) is 48.5 Å². The van der Waals surface area contributed by atoms with Crippen LogP contribution < -0.4 is 14.8 Å². The van der Waals surface area contributed by atoms with Crippen molar-refractivity contribution in [1.29, 1.82) is 0 Å². The molecule has 1 aliphatic rings. The summed E-state index contributed by atoms with van der Waals surface area (Å²) in [7, 11) is 4.69. The average Bonchev–Trinajstić information content (AvgIpc) is 2.82. The lowest BCUT2D eigenvalue weighted by molar-refractivity contribution is -0.139. The van der Waals surface area contributed by atoms with Gasteiger partial charge in [0.15, 0.2) is 11.5 Å². The highest BCUT2D eigenvalue weighted by molar-refractivity contribution is 5.82. The molecule has 2 aromatic carbocycles. The summed E-state index contributed by atoms with van der Waals surface area (Å²) < 4.78 is 15.8. The summed E-state index contributed by atoms with van der Waals surface area (Å²) in [6, 6.07) is 15.5. The maximum atomic E-state index is 13.0. The minimum absolute atomic E-state index is 0.00170. The van der Waals surface area contributed by atoms with Gasteiger partial charge in [0.25, 0.3) is 0 Å². The van der Waals surface area contributed by atoms with Gasteiger partial charge in [0.05, 0.1) is 20.1 Å². The molecule has 2 amide bonds. The van der Waals surface area contributed by atoms with Gasteiger partial charge in [0, 0.05) is 32.7 Å². The molecule has 2 atom stereocenters. The molecule has 166 valence electrons. The highest BCUT2D eigenvalue weighted by atomic mass is 16.5. The van der Waals surface area contributed by atoms with E-state index in [9.17, 15) is 9.59 Å². The first kappa shape index (κ1) is 22.6. The SMILES string of the molecule is COCC(=O)N1C[C@@H](C(=O)NCc2ccccc2)C[C@H](c2ccc(OC)c(OC)c2)C1. The van der Waals surface area contributed by atoms with Crippen molar-refractivity contribution in [2.45, 2.75) is 18.9 Å². The molecule has 1 saturated heterocycles. The van der Waals surface area contributed by atoms with Crippen LogP contribution in [0.4, 0.5) is 0 Å². The molecule has 2 aromatic rings. The fourth-order valence-electron chi connectivity index (χ4n) is 3.99. The predicted molar refractivity (Wildman–Crippen MR) is 117 cm³/mol. The van der Waals surface area contributed by atoms with Gasteiger partial charge in [-0.1, -0.05) is 36.4 Å². The van der Waals surface area contributed by atoms with E-state index in [1.165, 1.54) is 7.11 Å². The van der Waals surface area contributed by atoms with Crippen LogP contribution in [0.25, 0.3) is 0 Å². The number of likely N-dealkylation sites (tertiary alicyclic amines) is 1. The second-order valence-corrected chi connectivity index (χ2v) is 7.68. The minimum Gasteiger partial charge on any atom is -0.493 e. The molecule has 0 spiro atoms. The van der Waals surface area contributed by atoms with E-state index < -0.39 is 0 Å². The molecule has 0 bridgehead atoms. The van der Waals surface area contributed by atoms with Crippen LogP contribution in [0.2, 0.25) is 0 Å². The van der Waals surface area contributed by atoms with Gasteiger partial charge in [-0.05, 0) is 29.7 Å². The van der Waals surface area contributed by atoms with Gasteiger partial charge < -0.3 is 24.4 Å². The predicted octanol–water partition coefficient (Wildman–Crippen LogP) is 2.60. The van der Waals surface area contributed by atoms with Crippen LogP contribution in [0.5, 0.6) is 11.5 Å². The van der Waals surface area contributed by atoms with E-state index >= 15 is 0 Å². The number of hydrogen-bond donors (Lipinski definition) is 1. The van der Waals surface area contributed by atoms with Gasteiger partial charge in [0.1, 0.15) is 6.61 Å². The molecule has 0 unspecified atom stereocenters. The number of hydrogen-bond acceptors (Lipinski definition) is 5. The normalized spacial score (nSPS) is 18.4. The maximum absolute atomic E-state index is 13.0. The van der Waals surface area contributed by atoms with Gasteiger partial charge in [0.2, 0.25) is 11.8 Å². The minimum atomic E-state index is -0.309. The van der Waals surface area contributed by atoms with Crippen LogP contribution in [-0.4, -0.2) is 57.7 Å².